The first-order valence-electron chi connectivity index (χ1n) is 8.63. The van der Waals surface area contributed by atoms with Gasteiger partial charge in [-0.3, -0.25) is 4.79 Å². The van der Waals surface area contributed by atoms with Crippen LogP contribution in [0.4, 0.5) is 0 Å². The van der Waals surface area contributed by atoms with Gasteiger partial charge in [-0.1, -0.05) is 30.0 Å². The lowest BCUT2D eigenvalue weighted by molar-refractivity contribution is 0.102. The van der Waals surface area contributed by atoms with Crippen LogP contribution in [0.25, 0.3) is 10.9 Å². The summed E-state index contributed by atoms with van der Waals surface area (Å²) in [6.45, 7) is 5.64. The van der Waals surface area contributed by atoms with Crippen molar-refractivity contribution in [1.82, 2.24) is 14.5 Å². The quantitative estimate of drug-likeness (QED) is 0.259. The number of rotatable bonds is 8. The molecule has 1 aromatic carbocycles. The van der Waals surface area contributed by atoms with Gasteiger partial charge in [-0.2, -0.15) is 0 Å². The van der Waals surface area contributed by atoms with Gasteiger partial charge in [0.1, 0.15) is 11.4 Å². The van der Waals surface area contributed by atoms with Crippen molar-refractivity contribution in [1.29, 1.82) is 0 Å². The van der Waals surface area contributed by atoms with Crippen LogP contribution < -0.4 is 0 Å². The van der Waals surface area contributed by atoms with E-state index in [4.69, 9.17) is 4.74 Å². The van der Waals surface area contributed by atoms with E-state index in [9.17, 15) is 4.79 Å². The maximum absolute atomic E-state index is 12.8. The molecule has 2 heterocycles. The zero-order valence-corrected chi connectivity index (χ0v) is 16.2. The highest BCUT2D eigenvalue weighted by atomic mass is 32.2. The summed E-state index contributed by atoms with van der Waals surface area (Å²) < 4.78 is 7.32. The summed E-state index contributed by atoms with van der Waals surface area (Å²) in [6.07, 6.45) is 2.49. The summed E-state index contributed by atoms with van der Waals surface area (Å²) in [5.74, 6) is 0.493. The fourth-order valence-corrected chi connectivity index (χ4v) is 3.97. The Morgan fingerprint density at radius 1 is 1.23 bits per heavy atom. The predicted molar refractivity (Wildman–Crippen MR) is 105 cm³/mol. The summed E-state index contributed by atoms with van der Waals surface area (Å²) >= 11 is 1.47. The van der Waals surface area contributed by atoms with Crippen LogP contribution in [0.1, 0.15) is 28.2 Å². The molecule has 136 valence electrons. The predicted octanol–water partition coefficient (Wildman–Crippen LogP) is 4.06. The number of aromatic nitrogens is 3. The van der Waals surface area contributed by atoms with Crippen LogP contribution in [0, 0.1) is 13.8 Å². The summed E-state index contributed by atoms with van der Waals surface area (Å²) in [7, 11) is 1.71. The number of hydrogen-bond acceptors (Lipinski definition) is 5. The molecule has 0 N–H and O–H groups in total. The molecular weight excluding hydrogens is 346 g/mol. The van der Waals surface area contributed by atoms with E-state index in [1.165, 1.54) is 11.8 Å². The number of nitrogens with zero attached hydrogens (tertiary/aromatic N) is 3. The standard InChI is InChI=1S/C20H23N3O2S/c1-14-11-17(15(2)23(14)9-6-10-25-3)19(24)12-26-20-16-7-4-5-8-18(16)21-13-22-20/h4-5,7-8,11,13H,6,9-10,12H2,1-3H3. The van der Waals surface area contributed by atoms with Crippen LogP contribution in [0.2, 0.25) is 0 Å². The van der Waals surface area contributed by atoms with Gasteiger partial charge in [0.15, 0.2) is 5.78 Å². The van der Waals surface area contributed by atoms with Gasteiger partial charge in [0.05, 0.1) is 11.3 Å². The molecule has 26 heavy (non-hydrogen) atoms. The van der Waals surface area contributed by atoms with Crippen molar-refractivity contribution in [3.63, 3.8) is 0 Å². The van der Waals surface area contributed by atoms with Gasteiger partial charge < -0.3 is 9.30 Å². The maximum Gasteiger partial charge on any atom is 0.174 e. The third-order valence-electron chi connectivity index (χ3n) is 4.45. The monoisotopic (exact) mass is 369 g/mol. The van der Waals surface area contributed by atoms with E-state index >= 15 is 0 Å². The van der Waals surface area contributed by atoms with Crippen LogP contribution in [0.5, 0.6) is 0 Å². The number of hydrogen-bond donors (Lipinski definition) is 0. The molecule has 0 amide bonds. The molecule has 0 saturated heterocycles. The molecule has 2 aromatic heterocycles. The van der Waals surface area contributed by atoms with Crippen LogP contribution >= 0.6 is 11.8 Å². The average molecular weight is 369 g/mol. The fourth-order valence-electron chi connectivity index (χ4n) is 3.10. The minimum Gasteiger partial charge on any atom is -0.385 e. The maximum atomic E-state index is 12.8. The molecule has 0 atom stereocenters. The number of ether oxygens (including phenoxy) is 1. The molecule has 3 rings (SSSR count). The smallest absolute Gasteiger partial charge is 0.174 e. The molecule has 0 bridgehead atoms. The van der Waals surface area contributed by atoms with E-state index in [0.717, 1.165) is 52.5 Å². The van der Waals surface area contributed by atoms with Gasteiger partial charge in [-0.05, 0) is 32.4 Å². The van der Waals surface area contributed by atoms with E-state index in [1.54, 1.807) is 13.4 Å². The third-order valence-corrected chi connectivity index (χ3v) is 5.46. The number of carbonyl (C=O) groups is 1. The third kappa shape index (κ3) is 3.97. The normalized spacial score (nSPS) is 11.2. The second kappa shape index (κ2) is 8.47. The highest BCUT2D eigenvalue weighted by molar-refractivity contribution is 8.00. The van der Waals surface area contributed by atoms with Gasteiger partial charge in [0.2, 0.25) is 0 Å². The Morgan fingerprint density at radius 2 is 2.04 bits per heavy atom. The van der Waals surface area contributed by atoms with Crippen molar-refractivity contribution >= 4 is 28.4 Å². The zero-order chi connectivity index (χ0) is 18.5. The second-order valence-corrected chi connectivity index (χ2v) is 7.15. The highest BCUT2D eigenvalue weighted by Gasteiger charge is 2.16. The van der Waals surface area contributed by atoms with E-state index in [1.807, 2.05) is 44.2 Å². The molecule has 6 heteroatoms. The lowest BCUT2D eigenvalue weighted by Gasteiger charge is -2.09. The molecular formula is C20H23N3O2S. The fraction of sp³-hybridized carbons (Fsp3) is 0.350. The number of Topliss-reactive ketones (excluding diaryl/α,β-unsaturated/α-hetero) is 1. The van der Waals surface area contributed by atoms with Gasteiger partial charge in [0, 0.05) is 42.6 Å². The van der Waals surface area contributed by atoms with E-state index in [0.29, 0.717) is 5.75 Å². The van der Waals surface area contributed by atoms with Gasteiger partial charge >= 0.3 is 0 Å². The first kappa shape index (κ1) is 18.6. The van der Waals surface area contributed by atoms with Gasteiger partial charge in [-0.15, -0.1) is 0 Å². The minimum atomic E-state index is 0.129. The van der Waals surface area contributed by atoms with Gasteiger partial charge in [0.25, 0.3) is 0 Å². The number of aryl methyl sites for hydroxylation is 1. The van der Waals surface area contributed by atoms with Crippen molar-refractivity contribution in [3.8, 4) is 0 Å². The Balaban J connectivity index is 1.73. The first-order valence-corrected chi connectivity index (χ1v) is 9.61. The Labute approximate surface area is 157 Å². The number of thioether (sulfide) groups is 1. The summed E-state index contributed by atoms with van der Waals surface area (Å²) in [6, 6.07) is 9.85. The van der Waals surface area contributed by atoms with Gasteiger partial charge in [-0.25, -0.2) is 9.97 Å². The van der Waals surface area contributed by atoms with Crippen molar-refractivity contribution in [2.45, 2.75) is 31.8 Å². The Morgan fingerprint density at radius 3 is 2.85 bits per heavy atom. The summed E-state index contributed by atoms with van der Waals surface area (Å²) in [5.41, 5.74) is 3.83. The van der Waals surface area contributed by atoms with Crippen LogP contribution in [-0.4, -0.2) is 39.8 Å². The number of benzene rings is 1. The molecule has 0 aliphatic carbocycles. The Hall–Kier alpha value is -2.18. The minimum absolute atomic E-state index is 0.129. The number of fused-ring (bicyclic) bond motifs is 1. The zero-order valence-electron chi connectivity index (χ0n) is 15.4. The van der Waals surface area contributed by atoms with E-state index in [2.05, 4.69) is 14.5 Å². The molecule has 5 nitrogen and oxygen atoms in total. The highest BCUT2D eigenvalue weighted by Crippen LogP contribution is 2.26. The molecule has 0 spiro atoms. The van der Waals surface area contributed by atoms with Crippen LogP contribution in [0.3, 0.4) is 0 Å². The topological polar surface area (TPSA) is 57.0 Å². The largest absolute Gasteiger partial charge is 0.385 e. The SMILES string of the molecule is COCCCn1c(C)cc(C(=O)CSc2ncnc3ccccc23)c1C. The van der Waals surface area contributed by atoms with Crippen molar-refractivity contribution < 1.29 is 9.53 Å². The van der Waals surface area contributed by atoms with Crippen molar-refractivity contribution in [2.24, 2.45) is 0 Å². The lowest BCUT2D eigenvalue weighted by Crippen LogP contribution is -2.08. The lowest BCUT2D eigenvalue weighted by atomic mass is 10.2. The molecule has 0 radical (unpaired) electrons. The van der Waals surface area contributed by atoms with Crippen molar-refractivity contribution in [3.05, 3.63) is 53.6 Å². The van der Waals surface area contributed by atoms with E-state index in [-0.39, 0.29) is 5.78 Å². The number of para-hydroxylation sites is 1. The summed E-state index contributed by atoms with van der Waals surface area (Å²) in [5, 5.41) is 1.83. The number of methoxy groups -OCH3 is 1. The average Bonchev–Trinajstić information content (AvgIpc) is 2.94. The van der Waals surface area contributed by atoms with Crippen LogP contribution in [-0.2, 0) is 11.3 Å². The molecule has 0 aliphatic heterocycles. The summed E-state index contributed by atoms with van der Waals surface area (Å²) in [4.78, 5) is 21.4. The first-order chi connectivity index (χ1) is 12.6. The molecule has 0 aliphatic rings. The molecule has 0 unspecified atom stereocenters. The second-order valence-electron chi connectivity index (χ2n) is 6.19. The molecule has 0 saturated carbocycles. The van der Waals surface area contributed by atoms with Crippen molar-refractivity contribution in [2.75, 3.05) is 19.5 Å². The molecule has 0 fully saturated rings. The Bertz CT molecular complexity index is 915. The number of carbonyl (C=O) groups excluding carboxylic acids is 1. The Kier molecular flexibility index (Phi) is 6.06. The van der Waals surface area contributed by atoms with Crippen LogP contribution in [0.15, 0.2) is 41.7 Å². The number of ketones is 1. The molecule has 3 aromatic rings. The van der Waals surface area contributed by atoms with E-state index < -0.39 is 0 Å².